The van der Waals surface area contributed by atoms with Crippen LogP contribution < -0.4 is 5.01 Å². The van der Waals surface area contributed by atoms with Crippen LogP contribution in [0, 0.1) is 0 Å². The first-order valence-electron chi connectivity index (χ1n) is 8.09. The van der Waals surface area contributed by atoms with E-state index in [1.165, 1.54) is 19.2 Å². The van der Waals surface area contributed by atoms with Crippen molar-refractivity contribution in [3.63, 3.8) is 0 Å². The molecule has 0 unspecified atom stereocenters. The summed E-state index contributed by atoms with van der Waals surface area (Å²) in [6, 6.07) is 14.0. The van der Waals surface area contributed by atoms with Crippen LogP contribution >= 0.6 is 11.6 Å². The summed E-state index contributed by atoms with van der Waals surface area (Å²) < 4.78 is 33.8. The molecule has 0 amide bonds. The van der Waals surface area contributed by atoms with Gasteiger partial charge in [0.05, 0.1) is 29.5 Å². The molecule has 26 heavy (non-hydrogen) atoms. The number of methoxy groups -OCH3 is 1. The number of rotatable bonds is 7. The molecule has 2 aromatic rings. The fourth-order valence-corrected chi connectivity index (χ4v) is 3.59. The van der Waals surface area contributed by atoms with Crippen molar-refractivity contribution in [2.75, 3.05) is 31.9 Å². The number of hydrogen-bond donors (Lipinski definition) is 0. The van der Waals surface area contributed by atoms with Gasteiger partial charge in [0.2, 0.25) is 0 Å². The average molecular weight is 395 g/mol. The molecular formula is C18H19ClN2O4S. The SMILES string of the molecule is COCCOS(=O)(=O)c1ccc(N2CCC(c3ccc(Cl)cc3)=N2)cc1. The molecule has 1 aliphatic rings. The molecule has 0 spiro atoms. The number of ether oxygens (including phenoxy) is 1. The van der Waals surface area contributed by atoms with Crippen molar-refractivity contribution in [3.05, 3.63) is 59.1 Å². The second kappa shape index (κ2) is 8.18. The summed E-state index contributed by atoms with van der Waals surface area (Å²) >= 11 is 5.92. The van der Waals surface area contributed by atoms with Crippen molar-refractivity contribution >= 4 is 33.1 Å². The van der Waals surface area contributed by atoms with Crippen molar-refractivity contribution in [3.8, 4) is 0 Å². The zero-order chi connectivity index (χ0) is 18.6. The second-order valence-electron chi connectivity index (χ2n) is 5.69. The maximum atomic E-state index is 12.1. The fourth-order valence-electron chi connectivity index (χ4n) is 2.57. The van der Waals surface area contributed by atoms with Crippen LogP contribution in [0.4, 0.5) is 5.69 Å². The van der Waals surface area contributed by atoms with Crippen LogP contribution in [0.5, 0.6) is 0 Å². The smallest absolute Gasteiger partial charge is 0.297 e. The first-order chi connectivity index (χ1) is 12.5. The van der Waals surface area contributed by atoms with E-state index in [9.17, 15) is 8.42 Å². The number of nitrogens with zero attached hydrogens (tertiary/aromatic N) is 2. The Bertz CT molecular complexity index is 880. The normalized spacial score (nSPS) is 14.5. The highest BCUT2D eigenvalue weighted by molar-refractivity contribution is 7.86. The highest BCUT2D eigenvalue weighted by Crippen LogP contribution is 2.24. The summed E-state index contributed by atoms with van der Waals surface area (Å²) in [6.45, 7) is 0.934. The van der Waals surface area contributed by atoms with Crippen molar-refractivity contribution in [1.29, 1.82) is 0 Å². The standard InChI is InChI=1S/C18H19ClN2O4S/c1-24-12-13-25-26(22,23)17-8-6-16(7-9-17)21-11-10-18(20-21)14-2-4-15(19)5-3-14/h2-9H,10-13H2,1H3. The zero-order valence-electron chi connectivity index (χ0n) is 14.3. The van der Waals surface area contributed by atoms with Crippen LogP contribution in [0.15, 0.2) is 58.5 Å². The predicted molar refractivity (Wildman–Crippen MR) is 101 cm³/mol. The van der Waals surface area contributed by atoms with Gasteiger partial charge in [-0.15, -0.1) is 0 Å². The lowest BCUT2D eigenvalue weighted by molar-refractivity contribution is 0.149. The molecule has 6 nitrogen and oxygen atoms in total. The van der Waals surface area contributed by atoms with Gasteiger partial charge in [-0.05, 0) is 42.0 Å². The summed E-state index contributed by atoms with van der Waals surface area (Å²) in [4.78, 5) is 0.110. The maximum absolute atomic E-state index is 12.1. The monoisotopic (exact) mass is 394 g/mol. The van der Waals surface area contributed by atoms with E-state index in [0.717, 1.165) is 29.9 Å². The minimum absolute atomic E-state index is 0.0124. The molecule has 0 saturated carbocycles. The van der Waals surface area contributed by atoms with E-state index in [0.29, 0.717) is 5.02 Å². The Balaban J connectivity index is 1.72. The summed E-state index contributed by atoms with van der Waals surface area (Å²) in [5.74, 6) is 0. The maximum Gasteiger partial charge on any atom is 0.297 e. The molecular weight excluding hydrogens is 376 g/mol. The van der Waals surface area contributed by atoms with Crippen LogP contribution in [0.2, 0.25) is 5.02 Å². The number of hydrogen-bond acceptors (Lipinski definition) is 6. The Morgan fingerprint density at radius 3 is 2.42 bits per heavy atom. The van der Waals surface area contributed by atoms with Gasteiger partial charge in [0.1, 0.15) is 0 Å². The van der Waals surface area contributed by atoms with E-state index in [4.69, 9.17) is 20.5 Å². The van der Waals surface area contributed by atoms with E-state index in [-0.39, 0.29) is 18.1 Å². The Morgan fingerprint density at radius 2 is 1.77 bits per heavy atom. The summed E-state index contributed by atoms with van der Waals surface area (Å²) in [5.41, 5.74) is 2.83. The third-order valence-corrected chi connectivity index (χ3v) is 5.51. The molecule has 0 aliphatic carbocycles. The molecule has 2 aromatic carbocycles. The molecule has 138 valence electrons. The minimum atomic E-state index is -3.78. The molecule has 0 saturated heterocycles. The third-order valence-electron chi connectivity index (χ3n) is 3.93. The average Bonchev–Trinajstić information content (AvgIpc) is 3.13. The van der Waals surface area contributed by atoms with Gasteiger partial charge >= 0.3 is 0 Å². The molecule has 0 aromatic heterocycles. The van der Waals surface area contributed by atoms with Crippen LogP contribution in [-0.4, -0.2) is 41.0 Å². The molecule has 0 fully saturated rings. The molecule has 3 rings (SSSR count). The molecule has 0 bridgehead atoms. The van der Waals surface area contributed by atoms with Gasteiger partial charge in [-0.25, -0.2) is 0 Å². The predicted octanol–water partition coefficient (Wildman–Crippen LogP) is 3.31. The van der Waals surface area contributed by atoms with Crippen LogP contribution in [0.25, 0.3) is 0 Å². The van der Waals surface area contributed by atoms with E-state index < -0.39 is 10.1 Å². The molecule has 0 radical (unpaired) electrons. The van der Waals surface area contributed by atoms with Gasteiger partial charge in [-0.3, -0.25) is 9.19 Å². The van der Waals surface area contributed by atoms with Gasteiger partial charge in [0, 0.05) is 25.1 Å². The van der Waals surface area contributed by atoms with Crippen LogP contribution in [-0.2, 0) is 19.0 Å². The van der Waals surface area contributed by atoms with Gasteiger partial charge in [0.15, 0.2) is 0 Å². The Labute approximate surface area is 158 Å². The first-order valence-corrected chi connectivity index (χ1v) is 9.87. The molecule has 0 N–H and O–H groups in total. The van der Waals surface area contributed by atoms with E-state index in [1.807, 2.05) is 29.3 Å². The quantitative estimate of drug-likeness (QED) is 0.532. The van der Waals surface area contributed by atoms with Gasteiger partial charge < -0.3 is 4.74 Å². The highest BCUT2D eigenvalue weighted by atomic mass is 35.5. The summed E-state index contributed by atoms with van der Waals surface area (Å²) in [5, 5.41) is 7.16. The lowest BCUT2D eigenvalue weighted by atomic mass is 10.1. The Morgan fingerprint density at radius 1 is 1.08 bits per heavy atom. The van der Waals surface area contributed by atoms with Crippen molar-refractivity contribution in [2.45, 2.75) is 11.3 Å². The van der Waals surface area contributed by atoms with Crippen molar-refractivity contribution in [2.24, 2.45) is 5.10 Å². The van der Waals surface area contributed by atoms with E-state index >= 15 is 0 Å². The van der Waals surface area contributed by atoms with Gasteiger partial charge in [-0.1, -0.05) is 23.7 Å². The van der Waals surface area contributed by atoms with Crippen molar-refractivity contribution in [1.82, 2.24) is 0 Å². The lowest BCUT2D eigenvalue weighted by Gasteiger charge is -2.14. The first kappa shape index (κ1) is 18.8. The molecule has 1 heterocycles. The lowest BCUT2D eigenvalue weighted by Crippen LogP contribution is -2.13. The topological polar surface area (TPSA) is 68.2 Å². The van der Waals surface area contributed by atoms with Gasteiger partial charge in [-0.2, -0.15) is 13.5 Å². The van der Waals surface area contributed by atoms with Crippen molar-refractivity contribution < 1.29 is 17.3 Å². The number of benzene rings is 2. The largest absolute Gasteiger partial charge is 0.382 e. The van der Waals surface area contributed by atoms with Crippen LogP contribution in [0.3, 0.4) is 0 Å². The fraction of sp³-hybridized carbons (Fsp3) is 0.278. The Hall–Kier alpha value is -1.93. The molecule has 0 atom stereocenters. The van der Waals surface area contributed by atoms with E-state index in [2.05, 4.69) is 5.10 Å². The second-order valence-corrected chi connectivity index (χ2v) is 7.74. The van der Waals surface area contributed by atoms with E-state index in [1.54, 1.807) is 12.1 Å². The summed E-state index contributed by atoms with van der Waals surface area (Å²) in [7, 11) is -2.29. The third kappa shape index (κ3) is 4.42. The number of hydrazone groups is 1. The van der Waals surface area contributed by atoms with Crippen LogP contribution in [0.1, 0.15) is 12.0 Å². The molecule has 1 aliphatic heterocycles. The minimum Gasteiger partial charge on any atom is -0.382 e. The summed E-state index contributed by atoms with van der Waals surface area (Å²) in [6.07, 6.45) is 0.807. The zero-order valence-corrected chi connectivity index (χ0v) is 15.8. The Kier molecular flexibility index (Phi) is 5.93. The number of anilines is 1. The van der Waals surface area contributed by atoms with Gasteiger partial charge in [0.25, 0.3) is 10.1 Å². The number of halogens is 1. The molecule has 8 heteroatoms. The highest BCUT2D eigenvalue weighted by Gasteiger charge is 2.19.